The van der Waals surface area contributed by atoms with Crippen LogP contribution in [0.25, 0.3) is 16.9 Å². The van der Waals surface area contributed by atoms with Crippen molar-refractivity contribution in [2.24, 2.45) is 0 Å². The van der Waals surface area contributed by atoms with Gasteiger partial charge in [-0.3, -0.25) is 10.1 Å². The van der Waals surface area contributed by atoms with E-state index in [-0.39, 0.29) is 16.8 Å². The molecule has 2 N–H and O–H groups in total. The summed E-state index contributed by atoms with van der Waals surface area (Å²) in [6.45, 7) is 1.93. The lowest BCUT2D eigenvalue weighted by Crippen LogP contribution is -2.06. The van der Waals surface area contributed by atoms with E-state index >= 15 is 0 Å². The minimum Gasteiger partial charge on any atom is -0.502 e. The molecule has 0 atom stereocenters. The Bertz CT molecular complexity index is 1080. The summed E-state index contributed by atoms with van der Waals surface area (Å²) in [5, 5.41) is 35.2. The highest BCUT2D eigenvalue weighted by molar-refractivity contribution is 9.10. The zero-order valence-electron chi connectivity index (χ0n) is 14.8. The van der Waals surface area contributed by atoms with Gasteiger partial charge in [-0.25, -0.2) is 9.48 Å². The molecule has 0 aliphatic rings. The average molecular weight is 446 g/mol. The molecule has 0 amide bonds. The van der Waals surface area contributed by atoms with Gasteiger partial charge in [0.05, 0.1) is 16.3 Å². The quantitative estimate of drug-likeness (QED) is 0.423. The van der Waals surface area contributed by atoms with Gasteiger partial charge < -0.3 is 10.2 Å². The summed E-state index contributed by atoms with van der Waals surface area (Å²) in [5.41, 5.74) is 1.17. The number of hydrogen-bond donors (Lipinski definition) is 2. The van der Waals surface area contributed by atoms with Crippen LogP contribution in [0.15, 0.2) is 46.9 Å². The number of benzene rings is 2. The van der Waals surface area contributed by atoms with E-state index in [0.29, 0.717) is 24.2 Å². The molecule has 0 fully saturated rings. The van der Waals surface area contributed by atoms with Gasteiger partial charge in [-0.1, -0.05) is 35.3 Å². The van der Waals surface area contributed by atoms with Crippen molar-refractivity contribution in [3.8, 4) is 22.7 Å². The van der Waals surface area contributed by atoms with Crippen LogP contribution >= 0.6 is 15.9 Å². The van der Waals surface area contributed by atoms with Crippen LogP contribution in [-0.4, -0.2) is 30.9 Å². The molecule has 0 aliphatic heterocycles. The summed E-state index contributed by atoms with van der Waals surface area (Å²) in [6, 6.07) is 11.0. The topological polar surface area (TPSA) is 118 Å². The largest absolute Gasteiger partial charge is 0.502 e. The molecule has 0 spiro atoms. The Morgan fingerprint density at radius 1 is 1.29 bits per heavy atom. The third-order valence-corrected chi connectivity index (χ3v) is 4.67. The summed E-state index contributed by atoms with van der Waals surface area (Å²) in [7, 11) is 0. The van der Waals surface area contributed by atoms with Crippen LogP contribution in [0.1, 0.15) is 29.4 Å². The second-order valence-corrected chi connectivity index (χ2v) is 6.99. The normalized spacial score (nSPS) is 10.8. The molecule has 144 valence electrons. The van der Waals surface area contributed by atoms with Gasteiger partial charge in [0.15, 0.2) is 5.75 Å². The van der Waals surface area contributed by atoms with E-state index < -0.39 is 22.3 Å². The molecule has 2 aromatic carbocycles. The number of aromatic nitrogens is 2. The smallest absolute Gasteiger partial charge is 0.339 e. The van der Waals surface area contributed by atoms with Crippen molar-refractivity contribution in [1.29, 1.82) is 0 Å². The van der Waals surface area contributed by atoms with Crippen molar-refractivity contribution in [3.63, 3.8) is 0 Å². The van der Waals surface area contributed by atoms with E-state index in [2.05, 4.69) is 21.0 Å². The number of rotatable bonds is 6. The van der Waals surface area contributed by atoms with Gasteiger partial charge in [-0.05, 0) is 36.8 Å². The lowest BCUT2D eigenvalue weighted by molar-refractivity contribution is -0.385. The highest BCUT2D eigenvalue weighted by Gasteiger charge is 2.26. The van der Waals surface area contributed by atoms with Crippen molar-refractivity contribution in [2.45, 2.75) is 19.8 Å². The molecule has 8 nitrogen and oxygen atoms in total. The fourth-order valence-corrected chi connectivity index (χ4v) is 3.38. The minimum atomic E-state index is -1.16. The average Bonchev–Trinajstić information content (AvgIpc) is 3.01. The van der Waals surface area contributed by atoms with Crippen molar-refractivity contribution in [1.82, 2.24) is 9.78 Å². The zero-order valence-corrected chi connectivity index (χ0v) is 16.4. The summed E-state index contributed by atoms with van der Waals surface area (Å²) in [5.74, 6) is -1.70. The number of halogens is 1. The Kier molecular flexibility index (Phi) is 5.46. The van der Waals surface area contributed by atoms with E-state index in [1.807, 2.05) is 25.1 Å². The fraction of sp³-hybridized carbons (Fsp3) is 0.158. The Balaban J connectivity index is 2.27. The number of carbonyl (C=O) groups is 1. The molecule has 1 heterocycles. The third-order valence-electron chi connectivity index (χ3n) is 4.18. The number of aromatic carboxylic acids is 1. The third kappa shape index (κ3) is 3.61. The van der Waals surface area contributed by atoms with Gasteiger partial charge in [-0.15, -0.1) is 0 Å². The molecule has 9 heteroatoms. The molecule has 0 bridgehead atoms. The summed E-state index contributed by atoms with van der Waals surface area (Å²) in [6.07, 6.45) is 1.17. The molecule has 0 saturated carbocycles. The molecule has 0 aliphatic carbocycles. The van der Waals surface area contributed by atoms with Crippen molar-refractivity contribution >= 4 is 27.6 Å². The number of carboxylic acid groups (broad SMARTS) is 1. The van der Waals surface area contributed by atoms with Crippen molar-refractivity contribution in [3.05, 3.63) is 68.3 Å². The monoisotopic (exact) mass is 445 g/mol. The molecule has 3 aromatic rings. The second kappa shape index (κ2) is 7.81. The van der Waals surface area contributed by atoms with Crippen LogP contribution in [0.3, 0.4) is 0 Å². The molecular formula is C19H16BrN3O5. The van der Waals surface area contributed by atoms with Crippen LogP contribution in [0.5, 0.6) is 5.75 Å². The van der Waals surface area contributed by atoms with Gasteiger partial charge >= 0.3 is 11.7 Å². The predicted molar refractivity (Wildman–Crippen MR) is 106 cm³/mol. The van der Waals surface area contributed by atoms with E-state index in [9.17, 15) is 25.1 Å². The standard InChI is InChI=1S/C19H16BrN3O5/c1-2-4-15-17(19(25)26)18(11-7-8-14(23(27)28)16(24)9-11)21-22(15)13-6-3-5-12(20)10-13/h3,5-10,24H,2,4H2,1H3,(H,25,26). The molecule has 28 heavy (non-hydrogen) atoms. The highest BCUT2D eigenvalue weighted by Crippen LogP contribution is 2.34. The van der Waals surface area contributed by atoms with Gasteiger partial charge in [0.2, 0.25) is 0 Å². The number of hydrogen-bond acceptors (Lipinski definition) is 5. The highest BCUT2D eigenvalue weighted by atomic mass is 79.9. The Morgan fingerprint density at radius 2 is 2.04 bits per heavy atom. The number of nitrogens with zero attached hydrogens (tertiary/aromatic N) is 3. The van der Waals surface area contributed by atoms with Crippen LogP contribution in [-0.2, 0) is 6.42 Å². The van der Waals surface area contributed by atoms with E-state index in [4.69, 9.17) is 0 Å². The van der Waals surface area contributed by atoms with E-state index in [1.165, 1.54) is 6.07 Å². The molecule has 1 aromatic heterocycles. The first-order valence-electron chi connectivity index (χ1n) is 8.42. The Labute approximate surface area is 168 Å². The predicted octanol–water partition coefficient (Wildman–Crippen LogP) is 4.57. The molecule has 0 saturated heterocycles. The maximum Gasteiger partial charge on any atom is 0.339 e. The fourth-order valence-electron chi connectivity index (χ4n) is 2.99. The zero-order chi connectivity index (χ0) is 20.4. The maximum absolute atomic E-state index is 12.0. The van der Waals surface area contributed by atoms with Gasteiger partial charge in [0.1, 0.15) is 11.3 Å². The first kappa shape index (κ1) is 19.6. The van der Waals surface area contributed by atoms with Crippen LogP contribution in [0, 0.1) is 10.1 Å². The summed E-state index contributed by atoms with van der Waals surface area (Å²) in [4.78, 5) is 22.3. The lowest BCUT2D eigenvalue weighted by Gasteiger charge is -2.07. The van der Waals surface area contributed by atoms with Crippen molar-refractivity contribution < 1.29 is 19.9 Å². The number of phenols is 1. The van der Waals surface area contributed by atoms with E-state index in [1.54, 1.807) is 10.7 Å². The van der Waals surface area contributed by atoms with Gasteiger partial charge in [0, 0.05) is 16.1 Å². The Morgan fingerprint density at radius 3 is 2.61 bits per heavy atom. The minimum absolute atomic E-state index is 0.00933. The summed E-state index contributed by atoms with van der Waals surface area (Å²) < 4.78 is 2.38. The lowest BCUT2D eigenvalue weighted by atomic mass is 10.0. The van der Waals surface area contributed by atoms with Crippen molar-refractivity contribution in [2.75, 3.05) is 0 Å². The molecule has 0 unspecified atom stereocenters. The van der Waals surface area contributed by atoms with Gasteiger partial charge in [-0.2, -0.15) is 5.10 Å². The number of nitro groups is 1. The SMILES string of the molecule is CCCc1c(C(=O)O)c(-c2ccc([N+](=O)[O-])c(O)c2)nn1-c1cccc(Br)c1. The van der Waals surface area contributed by atoms with Crippen LogP contribution in [0.4, 0.5) is 5.69 Å². The molecular weight excluding hydrogens is 430 g/mol. The maximum atomic E-state index is 12.0. The van der Waals surface area contributed by atoms with Crippen LogP contribution in [0.2, 0.25) is 0 Å². The second-order valence-electron chi connectivity index (χ2n) is 6.08. The summed E-state index contributed by atoms with van der Waals surface area (Å²) >= 11 is 3.40. The number of phenolic OH excluding ortho intramolecular Hbond substituents is 1. The molecule has 0 radical (unpaired) electrons. The van der Waals surface area contributed by atoms with Crippen LogP contribution < -0.4 is 0 Å². The first-order valence-corrected chi connectivity index (χ1v) is 9.21. The number of carboxylic acids is 1. The Hall–Kier alpha value is -3.20. The number of aromatic hydroxyl groups is 1. The van der Waals surface area contributed by atoms with E-state index in [0.717, 1.165) is 16.6 Å². The van der Waals surface area contributed by atoms with Gasteiger partial charge in [0.25, 0.3) is 0 Å². The number of nitro benzene ring substituents is 1. The molecule has 3 rings (SSSR count). The first-order chi connectivity index (χ1) is 13.3.